The van der Waals surface area contributed by atoms with Crippen LogP contribution in [0.2, 0.25) is 0 Å². The second kappa shape index (κ2) is 4.96. The lowest BCUT2D eigenvalue weighted by atomic mass is 10.1. The topological polar surface area (TPSA) is 51.1 Å². The Morgan fingerprint density at radius 3 is 2.44 bits per heavy atom. The molecule has 0 amide bonds. The van der Waals surface area contributed by atoms with Crippen molar-refractivity contribution in [1.29, 1.82) is 0 Å². The molecule has 18 heavy (non-hydrogen) atoms. The number of benzene rings is 1. The number of hydrogen-bond acceptors (Lipinski definition) is 2. The quantitative estimate of drug-likeness (QED) is 0.919. The summed E-state index contributed by atoms with van der Waals surface area (Å²) in [5.74, 6) is 0. The molecule has 0 fully saturated rings. The number of nitrogens with one attached hydrogen (secondary N) is 1. The molecule has 1 aromatic carbocycles. The van der Waals surface area contributed by atoms with Crippen LogP contribution in [0.1, 0.15) is 18.5 Å². The van der Waals surface area contributed by atoms with E-state index in [1.54, 1.807) is 0 Å². The van der Waals surface area contributed by atoms with Crippen LogP contribution in [0.4, 0.5) is 0 Å². The average Bonchev–Trinajstić information content (AvgIpc) is 2.80. The molecule has 0 aliphatic carbocycles. The molecule has 1 aromatic heterocycles. The molecule has 1 unspecified atom stereocenters. The van der Waals surface area contributed by atoms with Crippen LogP contribution in [-0.4, -0.2) is 19.2 Å². The van der Waals surface area contributed by atoms with Crippen LogP contribution in [0.25, 0.3) is 5.69 Å². The molecule has 0 bridgehead atoms. The third-order valence-electron chi connectivity index (χ3n) is 2.66. The maximum atomic E-state index is 11.2. The van der Waals surface area contributed by atoms with Crippen molar-refractivity contribution in [3.8, 4) is 5.69 Å². The van der Waals surface area contributed by atoms with Crippen molar-refractivity contribution in [3.63, 3.8) is 0 Å². The van der Waals surface area contributed by atoms with Gasteiger partial charge >= 0.3 is 0 Å². The second-order valence-corrected chi connectivity index (χ2v) is 6.08. The van der Waals surface area contributed by atoms with E-state index in [4.69, 9.17) is 0 Å². The lowest BCUT2D eigenvalue weighted by molar-refractivity contribution is 0.573. The number of sulfonamides is 1. The molecule has 1 N–H and O–H groups in total. The van der Waals surface area contributed by atoms with E-state index in [-0.39, 0.29) is 6.04 Å². The van der Waals surface area contributed by atoms with Gasteiger partial charge in [0.1, 0.15) is 0 Å². The van der Waals surface area contributed by atoms with E-state index in [0.717, 1.165) is 11.3 Å². The van der Waals surface area contributed by atoms with Gasteiger partial charge in [0.05, 0.1) is 6.26 Å². The third kappa shape index (κ3) is 3.21. The van der Waals surface area contributed by atoms with Gasteiger partial charge in [0, 0.05) is 24.1 Å². The Kier molecular flexibility index (Phi) is 3.54. The van der Waals surface area contributed by atoms with Gasteiger partial charge in [-0.15, -0.1) is 0 Å². The van der Waals surface area contributed by atoms with Gasteiger partial charge < -0.3 is 4.57 Å². The zero-order chi connectivity index (χ0) is 13.2. The highest BCUT2D eigenvalue weighted by Crippen LogP contribution is 2.17. The van der Waals surface area contributed by atoms with Crippen molar-refractivity contribution in [2.75, 3.05) is 6.26 Å². The van der Waals surface area contributed by atoms with E-state index in [0.29, 0.717) is 0 Å². The van der Waals surface area contributed by atoms with E-state index in [9.17, 15) is 8.42 Å². The Labute approximate surface area is 107 Å². The van der Waals surface area contributed by atoms with Gasteiger partial charge in [0.25, 0.3) is 0 Å². The van der Waals surface area contributed by atoms with Crippen molar-refractivity contribution in [2.24, 2.45) is 0 Å². The second-order valence-electron chi connectivity index (χ2n) is 4.30. The van der Waals surface area contributed by atoms with E-state index in [1.165, 1.54) is 6.26 Å². The van der Waals surface area contributed by atoms with E-state index in [2.05, 4.69) is 4.72 Å². The van der Waals surface area contributed by atoms with Crippen molar-refractivity contribution in [3.05, 3.63) is 54.4 Å². The van der Waals surface area contributed by atoms with Crippen molar-refractivity contribution >= 4 is 10.0 Å². The number of nitrogens with zero attached hydrogens (tertiary/aromatic N) is 1. The molecule has 2 rings (SSSR count). The van der Waals surface area contributed by atoms with Gasteiger partial charge in [-0.2, -0.15) is 0 Å². The largest absolute Gasteiger partial charge is 0.324 e. The maximum Gasteiger partial charge on any atom is 0.209 e. The smallest absolute Gasteiger partial charge is 0.209 e. The molecule has 4 nitrogen and oxygen atoms in total. The number of hydrogen-bond donors (Lipinski definition) is 1. The molecule has 96 valence electrons. The molecule has 0 aliphatic heterocycles. The summed E-state index contributed by atoms with van der Waals surface area (Å²) in [5.41, 5.74) is 1.95. The van der Waals surface area contributed by atoms with Crippen LogP contribution in [0.5, 0.6) is 0 Å². The van der Waals surface area contributed by atoms with Crippen LogP contribution < -0.4 is 4.72 Å². The highest BCUT2D eigenvalue weighted by molar-refractivity contribution is 7.88. The Morgan fingerprint density at radius 1 is 1.17 bits per heavy atom. The normalized spacial score (nSPS) is 13.4. The summed E-state index contributed by atoms with van der Waals surface area (Å²) in [6.45, 7) is 1.83. The molecule has 0 spiro atoms. The lowest BCUT2D eigenvalue weighted by Gasteiger charge is -2.14. The molecular formula is C13H16N2O2S. The van der Waals surface area contributed by atoms with Crippen molar-refractivity contribution < 1.29 is 8.42 Å². The summed E-state index contributed by atoms with van der Waals surface area (Å²) >= 11 is 0. The molecular weight excluding hydrogens is 248 g/mol. The lowest BCUT2D eigenvalue weighted by Crippen LogP contribution is -2.25. The third-order valence-corrected chi connectivity index (χ3v) is 3.45. The Morgan fingerprint density at radius 2 is 1.83 bits per heavy atom. The average molecular weight is 264 g/mol. The minimum absolute atomic E-state index is 0.240. The molecule has 1 atom stereocenters. The number of aromatic nitrogens is 1. The van der Waals surface area contributed by atoms with Gasteiger partial charge in [0.15, 0.2) is 0 Å². The summed E-state index contributed by atoms with van der Waals surface area (Å²) in [4.78, 5) is 0. The highest BCUT2D eigenvalue weighted by atomic mass is 32.2. The Balaban J connectivity index is 2.28. The maximum absolute atomic E-state index is 11.2. The fourth-order valence-electron chi connectivity index (χ4n) is 1.85. The monoisotopic (exact) mass is 264 g/mol. The van der Waals surface area contributed by atoms with Gasteiger partial charge in [-0.3, -0.25) is 0 Å². The fourth-order valence-corrected chi connectivity index (χ4v) is 2.63. The number of rotatable bonds is 4. The van der Waals surface area contributed by atoms with Gasteiger partial charge in [-0.05, 0) is 36.8 Å². The zero-order valence-electron chi connectivity index (χ0n) is 10.4. The minimum Gasteiger partial charge on any atom is -0.324 e. The fraction of sp³-hybridized carbons (Fsp3) is 0.231. The van der Waals surface area contributed by atoms with Crippen LogP contribution in [0, 0.1) is 0 Å². The first kappa shape index (κ1) is 12.9. The first-order chi connectivity index (χ1) is 8.46. The van der Waals surface area contributed by atoms with Crippen LogP contribution in [0.3, 0.4) is 0 Å². The summed E-state index contributed by atoms with van der Waals surface area (Å²) in [6.07, 6.45) is 5.07. The predicted molar refractivity (Wildman–Crippen MR) is 72.2 cm³/mol. The summed E-state index contributed by atoms with van der Waals surface area (Å²) in [7, 11) is -3.19. The van der Waals surface area contributed by atoms with Crippen LogP contribution in [-0.2, 0) is 10.0 Å². The van der Waals surface area contributed by atoms with Crippen LogP contribution >= 0.6 is 0 Å². The van der Waals surface area contributed by atoms with E-state index < -0.39 is 10.0 Å². The minimum atomic E-state index is -3.19. The van der Waals surface area contributed by atoms with Crippen molar-refractivity contribution in [2.45, 2.75) is 13.0 Å². The van der Waals surface area contributed by atoms with Gasteiger partial charge in [-0.1, -0.05) is 12.1 Å². The highest BCUT2D eigenvalue weighted by Gasteiger charge is 2.11. The first-order valence-corrected chi connectivity index (χ1v) is 7.55. The van der Waals surface area contributed by atoms with Crippen LogP contribution in [0.15, 0.2) is 48.8 Å². The summed E-state index contributed by atoms with van der Waals surface area (Å²) in [5, 5.41) is 0. The molecule has 0 saturated heterocycles. The summed E-state index contributed by atoms with van der Waals surface area (Å²) in [6, 6.07) is 11.5. The molecule has 0 radical (unpaired) electrons. The molecule has 5 heteroatoms. The molecule has 0 saturated carbocycles. The zero-order valence-corrected chi connectivity index (χ0v) is 11.2. The van der Waals surface area contributed by atoms with E-state index >= 15 is 0 Å². The van der Waals surface area contributed by atoms with Gasteiger partial charge in [0.2, 0.25) is 10.0 Å². The van der Waals surface area contributed by atoms with Crippen molar-refractivity contribution in [1.82, 2.24) is 9.29 Å². The molecule has 2 aromatic rings. The standard InChI is InChI=1S/C13H16N2O2S/c1-11(14-18(2,16)17)12-6-5-7-13(10-12)15-8-3-4-9-15/h3-11,14H,1-2H3. The van der Waals surface area contributed by atoms with E-state index in [1.807, 2.05) is 60.3 Å². The molecule has 0 aliphatic rings. The predicted octanol–water partition coefficient (Wildman–Crippen LogP) is 2.09. The Bertz CT molecular complexity index is 618. The Hall–Kier alpha value is -1.59. The first-order valence-electron chi connectivity index (χ1n) is 5.66. The summed E-state index contributed by atoms with van der Waals surface area (Å²) < 4.78 is 27.0. The van der Waals surface area contributed by atoms with Gasteiger partial charge in [-0.25, -0.2) is 13.1 Å². The SMILES string of the molecule is CC(NS(C)(=O)=O)c1cccc(-n2cccc2)c1. The molecule has 1 heterocycles.